The lowest BCUT2D eigenvalue weighted by Crippen LogP contribution is -2.28. The van der Waals surface area contributed by atoms with Crippen molar-refractivity contribution in [3.8, 4) is 11.5 Å². The molecular formula is C22H22ClN5O3. The zero-order chi connectivity index (χ0) is 20.9. The fourth-order valence-electron chi connectivity index (χ4n) is 4.93. The van der Waals surface area contributed by atoms with Gasteiger partial charge >= 0.3 is 0 Å². The molecule has 0 amide bonds. The molecule has 6 rings (SSSR count). The molecule has 2 aliphatic rings. The van der Waals surface area contributed by atoms with E-state index >= 15 is 0 Å². The molecule has 1 aliphatic heterocycles. The summed E-state index contributed by atoms with van der Waals surface area (Å²) in [5.41, 5.74) is 2.16. The summed E-state index contributed by atoms with van der Waals surface area (Å²) in [4.78, 5) is 22.8. The molecule has 4 heterocycles. The minimum absolute atomic E-state index is 0.00913. The smallest absolute Gasteiger partial charge is 0.277 e. The number of benzene rings is 1. The fourth-order valence-corrected chi connectivity index (χ4v) is 5.20. The SMILES string of the molecule is O=c1c2c(-c3noc(C4CCCC4)n3)ncn2c2cccc(Cl)c2n1CC1CCCO1. The third kappa shape index (κ3) is 3.08. The molecule has 2 fully saturated rings. The third-order valence-corrected chi connectivity index (χ3v) is 6.78. The summed E-state index contributed by atoms with van der Waals surface area (Å²) in [7, 11) is 0. The van der Waals surface area contributed by atoms with Gasteiger partial charge in [-0.15, -0.1) is 0 Å². The summed E-state index contributed by atoms with van der Waals surface area (Å²) in [6, 6.07) is 5.61. The maximum atomic E-state index is 13.7. The minimum atomic E-state index is -0.184. The first-order chi connectivity index (χ1) is 15.2. The van der Waals surface area contributed by atoms with Crippen molar-refractivity contribution < 1.29 is 9.26 Å². The summed E-state index contributed by atoms with van der Waals surface area (Å²) >= 11 is 6.55. The van der Waals surface area contributed by atoms with E-state index in [0.717, 1.165) is 37.8 Å². The number of nitrogens with zero attached hydrogens (tertiary/aromatic N) is 5. The highest BCUT2D eigenvalue weighted by molar-refractivity contribution is 6.35. The van der Waals surface area contributed by atoms with Gasteiger partial charge in [-0.2, -0.15) is 4.98 Å². The van der Waals surface area contributed by atoms with Crippen LogP contribution in [0.4, 0.5) is 0 Å². The summed E-state index contributed by atoms with van der Waals surface area (Å²) < 4.78 is 14.8. The molecule has 1 saturated heterocycles. The Balaban J connectivity index is 1.55. The van der Waals surface area contributed by atoms with Crippen LogP contribution in [0.1, 0.15) is 50.3 Å². The van der Waals surface area contributed by atoms with Gasteiger partial charge in [0.25, 0.3) is 5.56 Å². The lowest BCUT2D eigenvalue weighted by Gasteiger charge is -2.16. The molecule has 31 heavy (non-hydrogen) atoms. The predicted molar refractivity (Wildman–Crippen MR) is 115 cm³/mol. The Morgan fingerprint density at radius 3 is 2.81 bits per heavy atom. The molecule has 0 bridgehead atoms. The molecule has 0 radical (unpaired) electrons. The Hall–Kier alpha value is -2.71. The monoisotopic (exact) mass is 439 g/mol. The van der Waals surface area contributed by atoms with Crippen molar-refractivity contribution in [2.45, 2.75) is 57.1 Å². The van der Waals surface area contributed by atoms with Crippen molar-refractivity contribution in [2.24, 2.45) is 0 Å². The zero-order valence-corrected chi connectivity index (χ0v) is 17.7. The van der Waals surface area contributed by atoms with E-state index < -0.39 is 0 Å². The molecular weight excluding hydrogens is 418 g/mol. The number of rotatable bonds is 4. The largest absolute Gasteiger partial charge is 0.376 e. The number of aromatic nitrogens is 5. The summed E-state index contributed by atoms with van der Waals surface area (Å²) in [6.07, 6.45) is 8.01. The molecule has 8 nitrogen and oxygen atoms in total. The van der Waals surface area contributed by atoms with Gasteiger partial charge in [0.2, 0.25) is 11.7 Å². The van der Waals surface area contributed by atoms with Crippen LogP contribution in [0.3, 0.4) is 0 Å². The fraction of sp³-hybridized carbons (Fsp3) is 0.455. The van der Waals surface area contributed by atoms with Gasteiger partial charge < -0.3 is 13.8 Å². The van der Waals surface area contributed by atoms with E-state index in [1.807, 2.05) is 12.1 Å². The molecule has 0 N–H and O–H groups in total. The maximum Gasteiger partial charge on any atom is 0.277 e. The van der Waals surface area contributed by atoms with Crippen molar-refractivity contribution >= 4 is 28.2 Å². The molecule has 160 valence electrons. The van der Waals surface area contributed by atoms with Crippen LogP contribution in [0.5, 0.6) is 0 Å². The van der Waals surface area contributed by atoms with Gasteiger partial charge in [-0.25, -0.2) is 4.98 Å². The molecule has 1 saturated carbocycles. The number of hydrogen-bond donors (Lipinski definition) is 0. The van der Waals surface area contributed by atoms with Gasteiger partial charge in [0, 0.05) is 12.5 Å². The molecule has 3 aromatic heterocycles. The zero-order valence-electron chi connectivity index (χ0n) is 17.0. The lowest BCUT2D eigenvalue weighted by atomic mass is 10.1. The maximum absolute atomic E-state index is 13.7. The Kier molecular flexibility index (Phi) is 4.57. The number of fused-ring (bicyclic) bond motifs is 3. The molecule has 1 aromatic carbocycles. The Morgan fingerprint density at radius 2 is 2.00 bits per heavy atom. The molecule has 1 unspecified atom stereocenters. The molecule has 4 aromatic rings. The van der Waals surface area contributed by atoms with Crippen LogP contribution in [0.2, 0.25) is 5.02 Å². The van der Waals surface area contributed by atoms with Crippen LogP contribution in [-0.2, 0) is 11.3 Å². The third-order valence-electron chi connectivity index (χ3n) is 6.48. The lowest BCUT2D eigenvalue weighted by molar-refractivity contribution is 0.0973. The van der Waals surface area contributed by atoms with E-state index in [2.05, 4.69) is 15.1 Å². The van der Waals surface area contributed by atoms with Gasteiger partial charge in [-0.3, -0.25) is 9.20 Å². The van der Waals surface area contributed by atoms with Gasteiger partial charge in [0.1, 0.15) is 17.5 Å². The van der Waals surface area contributed by atoms with Crippen LogP contribution in [-0.4, -0.2) is 36.8 Å². The molecule has 9 heteroatoms. The Bertz CT molecular complexity index is 1330. The minimum Gasteiger partial charge on any atom is -0.376 e. The van der Waals surface area contributed by atoms with Crippen molar-refractivity contribution in [3.05, 3.63) is 45.8 Å². The number of ether oxygens (including phenoxy) is 1. The van der Waals surface area contributed by atoms with Gasteiger partial charge in [0.05, 0.1) is 28.7 Å². The second-order valence-corrected chi connectivity index (χ2v) is 8.81. The second kappa shape index (κ2) is 7.46. The summed E-state index contributed by atoms with van der Waals surface area (Å²) in [5, 5.41) is 4.69. The quantitative estimate of drug-likeness (QED) is 0.473. The van der Waals surface area contributed by atoms with Crippen LogP contribution < -0.4 is 5.56 Å². The Morgan fingerprint density at radius 1 is 1.13 bits per heavy atom. The van der Waals surface area contributed by atoms with Crippen LogP contribution in [0.25, 0.3) is 28.1 Å². The number of hydrogen-bond acceptors (Lipinski definition) is 6. The number of imidazole rings is 1. The van der Waals surface area contributed by atoms with Crippen molar-refractivity contribution in [3.63, 3.8) is 0 Å². The first kappa shape index (κ1) is 19.0. The molecule has 1 aliphatic carbocycles. The van der Waals surface area contributed by atoms with Crippen LogP contribution in [0, 0.1) is 0 Å². The van der Waals surface area contributed by atoms with E-state index in [1.165, 1.54) is 12.8 Å². The van der Waals surface area contributed by atoms with Crippen molar-refractivity contribution in [1.82, 2.24) is 24.1 Å². The first-order valence-corrected chi connectivity index (χ1v) is 11.2. The summed E-state index contributed by atoms with van der Waals surface area (Å²) in [5.74, 6) is 1.29. The van der Waals surface area contributed by atoms with E-state index in [4.69, 9.17) is 20.9 Å². The van der Waals surface area contributed by atoms with E-state index in [9.17, 15) is 4.79 Å². The van der Waals surface area contributed by atoms with Crippen LogP contribution in [0.15, 0.2) is 33.8 Å². The topological polar surface area (TPSA) is 87.5 Å². The number of halogens is 1. The van der Waals surface area contributed by atoms with Gasteiger partial charge in [-0.1, -0.05) is 35.7 Å². The number of para-hydroxylation sites is 1. The summed E-state index contributed by atoms with van der Waals surface area (Å²) in [6.45, 7) is 1.16. The molecule has 1 atom stereocenters. The first-order valence-electron chi connectivity index (χ1n) is 10.8. The Labute approximate surface area is 182 Å². The molecule has 0 spiro atoms. The highest BCUT2D eigenvalue weighted by Crippen LogP contribution is 2.34. The van der Waals surface area contributed by atoms with E-state index in [0.29, 0.717) is 45.9 Å². The van der Waals surface area contributed by atoms with Gasteiger partial charge in [0.15, 0.2) is 0 Å². The second-order valence-electron chi connectivity index (χ2n) is 8.41. The van der Waals surface area contributed by atoms with Crippen LogP contribution >= 0.6 is 11.6 Å². The van der Waals surface area contributed by atoms with E-state index in [1.54, 1.807) is 21.4 Å². The van der Waals surface area contributed by atoms with E-state index in [-0.39, 0.29) is 11.7 Å². The van der Waals surface area contributed by atoms with Crippen molar-refractivity contribution in [2.75, 3.05) is 6.61 Å². The average molecular weight is 440 g/mol. The van der Waals surface area contributed by atoms with Crippen molar-refractivity contribution in [1.29, 1.82) is 0 Å². The highest BCUT2D eigenvalue weighted by Gasteiger charge is 2.27. The highest BCUT2D eigenvalue weighted by atomic mass is 35.5. The standard InChI is InChI=1S/C22H22ClN5O3/c23-15-8-3-9-16-18(15)27(11-14-7-4-10-30-14)22(29)19-17(24-12-28(16)19)20-25-21(31-26-20)13-5-1-2-6-13/h3,8-9,12-14H,1-2,4-7,10-11H2. The average Bonchev–Trinajstić information content (AvgIpc) is 3.56. The normalized spacial score (nSPS) is 19.8. The predicted octanol–water partition coefficient (Wildman–Crippen LogP) is 4.19. The van der Waals surface area contributed by atoms with Gasteiger partial charge in [-0.05, 0) is 37.8 Å².